The van der Waals surface area contributed by atoms with E-state index in [0.717, 1.165) is 36.3 Å². The van der Waals surface area contributed by atoms with Crippen molar-refractivity contribution < 1.29 is 27.1 Å². The maximum atomic E-state index is 15.2. The van der Waals surface area contributed by atoms with Gasteiger partial charge in [0.1, 0.15) is 28.4 Å². The molecule has 340 valence electrons. The van der Waals surface area contributed by atoms with Crippen molar-refractivity contribution in [3.05, 3.63) is 129 Å². The van der Waals surface area contributed by atoms with E-state index in [4.69, 9.17) is 9.97 Å². The summed E-state index contributed by atoms with van der Waals surface area (Å²) < 4.78 is 63.2. The third-order valence-corrected chi connectivity index (χ3v) is 12.2. The predicted octanol–water partition coefficient (Wildman–Crippen LogP) is 8.53. The van der Waals surface area contributed by atoms with Gasteiger partial charge in [0, 0.05) is 60.7 Å². The van der Waals surface area contributed by atoms with Crippen molar-refractivity contribution in [1.82, 2.24) is 43.4 Å². The van der Waals surface area contributed by atoms with E-state index >= 15 is 4.39 Å². The number of nitrogens with zero attached hydrogens (tertiary/aromatic N) is 10. The van der Waals surface area contributed by atoms with Crippen LogP contribution in [0.15, 0.2) is 77.9 Å². The lowest BCUT2D eigenvalue weighted by atomic mass is 9.94. The number of amides is 1. The Morgan fingerprint density at radius 2 is 1.76 bits per heavy atom. The van der Waals surface area contributed by atoms with E-state index in [0.29, 0.717) is 70.8 Å². The second-order valence-electron chi connectivity index (χ2n) is 18.2. The lowest BCUT2D eigenvalue weighted by Crippen LogP contribution is -2.41. The summed E-state index contributed by atoms with van der Waals surface area (Å²) in [6, 6.07) is 17.2. The van der Waals surface area contributed by atoms with Gasteiger partial charge in [-0.1, -0.05) is 26.8 Å². The van der Waals surface area contributed by atoms with E-state index in [1.165, 1.54) is 35.0 Å². The minimum atomic E-state index is -4.84. The predicted molar refractivity (Wildman–Crippen MR) is 239 cm³/mol. The molecule has 1 amide bonds. The largest absolute Gasteiger partial charge is 0.573 e. The number of carbonyl (C=O) groups is 1. The van der Waals surface area contributed by atoms with Crippen LogP contribution in [0.4, 0.5) is 29.2 Å². The number of aryl methyl sites for hydroxylation is 2. The molecule has 0 spiro atoms. The molecule has 18 heteroatoms. The van der Waals surface area contributed by atoms with Crippen LogP contribution in [0, 0.1) is 36.4 Å². The highest BCUT2D eigenvalue weighted by Gasteiger charge is 2.33. The third-order valence-electron chi connectivity index (χ3n) is 12.2. The van der Waals surface area contributed by atoms with E-state index in [1.54, 1.807) is 53.8 Å². The zero-order chi connectivity index (χ0) is 46.7. The van der Waals surface area contributed by atoms with Crippen LogP contribution in [0.2, 0.25) is 0 Å². The molecule has 7 heterocycles. The van der Waals surface area contributed by atoms with Crippen molar-refractivity contribution in [1.29, 1.82) is 5.26 Å². The molecule has 9 rings (SSSR count). The first-order chi connectivity index (χ1) is 31.4. The molecular weight excluding hydrogens is 855 g/mol. The number of alkyl halides is 3. The summed E-state index contributed by atoms with van der Waals surface area (Å²) in [5, 5.41) is 13.3. The summed E-state index contributed by atoms with van der Waals surface area (Å²) in [6.45, 7) is 13.2. The summed E-state index contributed by atoms with van der Waals surface area (Å²) >= 11 is 0. The Hall–Kier alpha value is -7.13. The second-order valence-corrected chi connectivity index (χ2v) is 18.2. The molecule has 0 atom stereocenters. The first-order valence-electron chi connectivity index (χ1n) is 21.7. The summed E-state index contributed by atoms with van der Waals surface area (Å²) in [5.74, 6) is -1.02. The van der Waals surface area contributed by atoms with E-state index in [1.807, 2.05) is 22.8 Å². The highest BCUT2D eigenvalue weighted by Crippen LogP contribution is 2.34. The molecule has 0 bridgehead atoms. The Labute approximate surface area is 377 Å². The Bertz CT molecular complexity index is 3120. The maximum absolute atomic E-state index is 15.2. The van der Waals surface area contributed by atoms with E-state index in [2.05, 4.69) is 45.7 Å². The summed E-state index contributed by atoms with van der Waals surface area (Å²) in [4.78, 5) is 51.9. The number of hydrogen-bond donors (Lipinski definition) is 1. The molecule has 5 aromatic heterocycles. The summed E-state index contributed by atoms with van der Waals surface area (Å²) in [6.07, 6.45) is 0.273. The minimum Gasteiger partial charge on any atom is -0.406 e. The molecule has 14 nitrogen and oxygen atoms in total. The summed E-state index contributed by atoms with van der Waals surface area (Å²) in [5.41, 5.74) is 5.72. The molecule has 1 fully saturated rings. The van der Waals surface area contributed by atoms with Gasteiger partial charge < -0.3 is 24.4 Å². The number of benzene rings is 2. The van der Waals surface area contributed by atoms with Crippen LogP contribution in [0.1, 0.15) is 83.8 Å². The first-order valence-corrected chi connectivity index (χ1v) is 21.7. The van der Waals surface area contributed by atoms with Gasteiger partial charge in [-0.3, -0.25) is 13.9 Å². The molecule has 1 saturated heterocycles. The average Bonchev–Trinajstić information content (AvgIpc) is 3.74. The molecule has 0 radical (unpaired) electrons. The first kappa shape index (κ1) is 44.1. The Morgan fingerprint density at radius 3 is 2.44 bits per heavy atom. The number of imidazole rings is 1. The van der Waals surface area contributed by atoms with Crippen LogP contribution in [-0.4, -0.2) is 81.9 Å². The van der Waals surface area contributed by atoms with Crippen LogP contribution < -0.4 is 15.7 Å². The summed E-state index contributed by atoms with van der Waals surface area (Å²) in [7, 11) is 0. The van der Waals surface area contributed by atoms with Crippen LogP contribution in [0.5, 0.6) is 5.75 Å². The maximum Gasteiger partial charge on any atom is 0.573 e. The lowest BCUT2D eigenvalue weighted by molar-refractivity contribution is -0.274. The van der Waals surface area contributed by atoms with Crippen molar-refractivity contribution in [3.63, 3.8) is 0 Å². The zero-order valence-corrected chi connectivity index (χ0v) is 37.1. The van der Waals surface area contributed by atoms with Gasteiger partial charge in [0.2, 0.25) is 5.95 Å². The molecule has 2 aliphatic heterocycles. The molecule has 66 heavy (non-hydrogen) atoms. The zero-order valence-electron chi connectivity index (χ0n) is 37.1. The normalized spacial score (nSPS) is 15.0. The molecule has 0 unspecified atom stereocenters. The van der Waals surface area contributed by atoms with E-state index < -0.39 is 12.2 Å². The number of aromatic nitrogens is 7. The van der Waals surface area contributed by atoms with E-state index in [9.17, 15) is 28.0 Å². The van der Waals surface area contributed by atoms with Crippen molar-refractivity contribution in [2.45, 2.75) is 79.4 Å². The number of rotatable bonds is 9. The standard InChI is InChI=1S/C48H47F4N11O3/c1-28-21-34(66-48(50,51)52)11-13-38(28)57-45-56-29(2)41-43(58-45)63(32-14-18-59(19-15-32)27-47(3,4)5)46(65)62(41)33-10-12-39(55-24-33)44(64)60-20-16-35-36-7-6-17-54-42(36)61(40(35)26-60)25-31-9-8-30(23-53)22-37(31)49/h6-13,17,21-22,24,32H,14-16,18-20,25-27H2,1-5H3,(H,56,57,58). The van der Waals surface area contributed by atoms with Gasteiger partial charge in [0.15, 0.2) is 5.65 Å². The topological polar surface area (TPSA) is 152 Å². The second kappa shape index (κ2) is 17.0. The van der Waals surface area contributed by atoms with E-state index in [-0.39, 0.29) is 59.1 Å². The smallest absolute Gasteiger partial charge is 0.406 e. The quantitative estimate of drug-likeness (QED) is 0.140. The van der Waals surface area contributed by atoms with Gasteiger partial charge in [-0.05, 0) is 104 Å². The van der Waals surface area contributed by atoms with Gasteiger partial charge in [-0.15, -0.1) is 13.2 Å². The number of fused-ring (bicyclic) bond motifs is 4. The van der Waals surface area contributed by atoms with Gasteiger partial charge in [0.25, 0.3) is 5.91 Å². The number of likely N-dealkylation sites (tertiary alicyclic amines) is 1. The molecule has 2 aliphatic rings. The molecular formula is C48H47F4N11O3. The fraction of sp³-hybridized carbons (Fsp3) is 0.354. The van der Waals surface area contributed by atoms with Gasteiger partial charge in [0.05, 0.1) is 42.3 Å². The van der Waals surface area contributed by atoms with Gasteiger partial charge in [-0.25, -0.2) is 24.1 Å². The Balaban J connectivity index is 1.03. The van der Waals surface area contributed by atoms with Crippen LogP contribution in [0.25, 0.3) is 27.9 Å². The monoisotopic (exact) mass is 901 g/mol. The highest BCUT2D eigenvalue weighted by molar-refractivity contribution is 5.93. The number of carbonyl (C=O) groups excluding carboxylic acids is 1. The lowest BCUT2D eigenvalue weighted by Gasteiger charge is -2.36. The number of halogens is 4. The third kappa shape index (κ3) is 8.70. The van der Waals surface area contributed by atoms with Crippen molar-refractivity contribution >= 4 is 39.7 Å². The Kier molecular flexibility index (Phi) is 11.4. The SMILES string of the molecule is Cc1cc(OC(F)(F)F)ccc1Nc1nc(C)c2c(n1)n(C1CCN(CC(C)(C)C)CC1)c(=O)n2-c1ccc(C(=O)N2CCc3c(n(Cc4ccc(C#N)cc4F)c4ncccc34)C2)nc1. The average molecular weight is 902 g/mol. The van der Waals surface area contributed by atoms with Crippen molar-refractivity contribution in [2.24, 2.45) is 5.41 Å². The number of ether oxygens (including phenoxy) is 1. The van der Waals surface area contributed by atoms with Gasteiger partial charge >= 0.3 is 12.1 Å². The van der Waals surface area contributed by atoms with Crippen molar-refractivity contribution in [3.8, 4) is 17.5 Å². The van der Waals surface area contributed by atoms with Gasteiger partial charge in [-0.2, -0.15) is 10.2 Å². The molecule has 0 aliphatic carbocycles. The fourth-order valence-corrected chi connectivity index (χ4v) is 9.33. The molecule has 7 aromatic rings. The molecule has 2 aromatic carbocycles. The van der Waals surface area contributed by atoms with Crippen molar-refractivity contribution in [2.75, 3.05) is 31.5 Å². The minimum absolute atomic E-state index is 0.0998. The molecule has 1 N–H and O–H groups in total. The fourth-order valence-electron chi connectivity index (χ4n) is 9.33. The van der Waals surface area contributed by atoms with Crippen LogP contribution in [0.3, 0.4) is 0 Å². The Morgan fingerprint density at radius 1 is 0.970 bits per heavy atom. The number of pyridine rings is 2. The molecule has 0 saturated carbocycles. The number of nitriles is 1. The number of hydrogen-bond acceptors (Lipinski definition) is 10. The number of piperidine rings is 1. The number of nitrogens with one attached hydrogen (secondary N) is 1. The van der Waals surface area contributed by atoms with Crippen LogP contribution >= 0.6 is 0 Å². The number of anilines is 2. The highest BCUT2D eigenvalue weighted by atomic mass is 19.4. The van der Waals surface area contributed by atoms with Crippen LogP contribution in [-0.2, 0) is 19.5 Å².